The summed E-state index contributed by atoms with van der Waals surface area (Å²) in [5.41, 5.74) is 1.20. The molecule has 0 aliphatic carbocycles. The first kappa shape index (κ1) is 22.3. The second-order valence-corrected chi connectivity index (χ2v) is 9.38. The van der Waals surface area contributed by atoms with Gasteiger partial charge in [-0.25, -0.2) is 0 Å². The Labute approximate surface area is 194 Å². The van der Waals surface area contributed by atoms with Crippen molar-refractivity contribution in [1.82, 2.24) is 10.6 Å². The first-order chi connectivity index (χ1) is 13.7. The van der Waals surface area contributed by atoms with Gasteiger partial charge < -0.3 is 19.8 Å². The van der Waals surface area contributed by atoms with Crippen LogP contribution < -0.4 is 15.4 Å². The number of rotatable bonds is 6. The standard InChI is InChI=1S/C22H29N3O2S.HI/c1-22(11-5-15-28-22)16-24-21(23-12-9-17-6-4-13-26-17)25-19-10-14-27-20-8-3-2-7-18(19)20;/h2-4,6-8,13,19H,5,9-12,14-16H2,1H3,(H2,23,24,25);1H. The molecule has 0 amide bonds. The van der Waals surface area contributed by atoms with Crippen molar-refractivity contribution >= 4 is 41.7 Å². The van der Waals surface area contributed by atoms with Gasteiger partial charge in [0.1, 0.15) is 11.5 Å². The summed E-state index contributed by atoms with van der Waals surface area (Å²) in [4.78, 5) is 4.97. The zero-order valence-electron chi connectivity index (χ0n) is 16.9. The minimum absolute atomic E-state index is 0. The summed E-state index contributed by atoms with van der Waals surface area (Å²) in [6.07, 6.45) is 6.02. The highest BCUT2D eigenvalue weighted by Gasteiger charge is 2.29. The van der Waals surface area contributed by atoms with Crippen LogP contribution in [0.2, 0.25) is 0 Å². The van der Waals surface area contributed by atoms with Crippen LogP contribution in [0.25, 0.3) is 0 Å². The molecular weight excluding hydrogens is 497 g/mol. The normalized spacial score (nSPS) is 23.6. The molecule has 2 aliphatic heterocycles. The van der Waals surface area contributed by atoms with E-state index < -0.39 is 0 Å². The predicted molar refractivity (Wildman–Crippen MR) is 131 cm³/mol. The van der Waals surface area contributed by atoms with Gasteiger partial charge in [0, 0.05) is 29.7 Å². The number of aliphatic imine (C=N–C) groups is 1. The summed E-state index contributed by atoms with van der Waals surface area (Å²) in [5.74, 6) is 4.08. The molecule has 2 aliphatic rings. The number of thioether (sulfide) groups is 1. The predicted octanol–water partition coefficient (Wildman–Crippen LogP) is 4.78. The fourth-order valence-electron chi connectivity index (χ4n) is 3.78. The van der Waals surface area contributed by atoms with Crippen LogP contribution in [-0.4, -0.2) is 36.2 Å². The third kappa shape index (κ3) is 6.07. The Bertz CT molecular complexity index is 791. The largest absolute Gasteiger partial charge is 0.493 e. The SMILES string of the molecule is CC1(CN=C(NCCc2ccco2)NC2CCOc3ccccc32)CCCS1.I. The van der Waals surface area contributed by atoms with Gasteiger partial charge >= 0.3 is 0 Å². The molecule has 0 spiro atoms. The lowest BCUT2D eigenvalue weighted by atomic mass is 10.0. The average molecular weight is 527 g/mol. The Kier molecular flexibility index (Phi) is 8.17. The Morgan fingerprint density at radius 2 is 2.17 bits per heavy atom. The number of ether oxygens (including phenoxy) is 1. The maximum absolute atomic E-state index is 5.81. The topological polar surface area (TPSA) is 58.8 Å². The summed E-state index contributed by atoms with van der Waals surface area (Å²) in [6.45, 7) is 4.67. The zero-order valence-corrected chi connectivity index (χ0v) is 20.0. The molecule has 0 saturated carbocycles. The molecule has 2 N–H and O–H groups in total. The van der Waals surface area contributed by atoms with Crippen molar-refractivity contribution in [3.8, 4) is 5.75 Å². The van der Waals surface area contributed by atoms with Crippen LogP contribution in [0.1, 0.15) is 43.6 Å². The van der Waals surface area contributed by atoms with Crippen molar-refractivity contribution in [2.24, 2.45) is 4.99 Å². The van der Waals surface area contributed by atoms with E-state index in [1.165, 1.54) is 24.2 Å². The van der Waals surface area contributed by atoms with Gasteiger partial charge in [0.05, 0.1) is 25.5 Å². The highest BCUT2D eigenvalue weighted by Crippen LogP contribution is 2.38. The highest BCUT2D eigenvalue weighted by atomic mass is 127. The minimum atomic E-state index is 0. The van der Waals surface area contributed by atoms with Crippen LogP contribution in [0.3, 0.4) is 0 Å². The number of furan rings is 1. The molecule has 1 aromatic carbocycles. The number of fused-ring (bicyclic) bond motifs is 1. The lowest BCUT2D eigenvalue weighted by molar-refractivity contribution is 0.261. The van der Waals surface area contributed by atoms with Gasteiger partial charge in [0.2, 0.25) is 0 Å². The third-order valence-electron chi connectivity index (χ3n) is 5.39. The Morgan fingerprint density at radius 3 is 2.97 bits per heavy atom. The fraction of sp³-hybridized carbons (Fsp3) is 0.500. The minimum Gasteiger partial charge on any atom is -0.493 e. The van der Waals surface area contributed by atoms with E-state index in [0.29, 0.717) is 0 Å². The number of hydrogen-bond donors (Lipinski definition) is 2. The molecule has 1 aromatic heterocycles. The monoisotopic (exact) mass is 527 g/mol. The molecule has 1 saturated heterocycles. The second-order valence-electron chi connectivity index (χ2n) is 7.69. The molecule has 2 unspecified atom stereocenters. The van der Waals surface area contributed by atoms with Crippen molar-refractivity contribution in [3.63, 3.8) is 0 Å². The molecule has 158 valence electrons. The van der Waals surface area contributed by atoms with Crippen molar-refractivity contribution in [3.05, 3.63) is 54.0 Å². The number of nitrogens with zero attached hydrogens (tertiary/aromatic N) is 1. The number of para-hydroxylation sites is 1. The number of halogens is 1. The van der Waals surface area contributed by atoms with Crippen molar-refractivity contribution in [2.45, 2.75) is 43.4 Å². The number of benzene rings is 1. The molecule has 2 atom stereocenters. The van der Waals surface area contributed by atoms with E-state index in [1.807, 2.05) is 36.0 Å². The van der Waals surface area contributed by atoms with Crippen LogP contribution in [-0.2, 0) is 6.42 Å². The molecule has 2 aromatic rings. The second kappa shape index (κ2) is 10.6. The molecule has 4 rings (SSSR count). The maximum Gasteiger partial charge on any atom is 0.191 e. The molecule has 0 radical (unpaired) electrons. The Balaban J connectivity index is 0.00000240. The number of guanidine groups is 1. The lowest BCUT2D eigenvalue weighted by Crippen LogP contribution is -2.42. The highest BCUT2D eigenvalue weighted by molar-refractivity contribution is 14.0. The Hall–Kier alpha value is -1.35. The van der Waals surface area contributed by atoms with E-state index in [1.54, 1.807) is 6.26 Å². The number of hydrogen-bond acceptors (Lipinski definition) is 4. The molecule has 1 fully saturated rings. The lowest BCUT2D eigenvalue weighted by Gasteiger charge is -2.28. The maximum atomic E-state index is 5.81. The summed E-state index contributed by atoms with van der Waals surface area (Å²) in [5, 5.41) is 7.16. The summed E-state index contributed by atoms with van der Waals surface area (Å²) >= 11 is 2.05. The van der Waals surface area contributed by atoms with Gasteiger partial charge in [-0.15, -0.1) is 24.0 Å². The average Bonchev–Trinajstić information content (AvgIpc) is 3.38. The fourth-order valence-corrected chi connectivity index (χ4v) is 5.00. The van der Waals surface area contributed by atoms with Gasteiger partial charge in [-0.05, 0) is 43.7 Å². The molecule has 3 heterocycles. The van der Waals surface area contributed by atoms with Crippen LogP contribution in [0.4, 0.5) is 0 Å². The molecule has 29 heavy (non-hydrogen) atoms. The van der Waals surface area contributed by atoms with E-state index >= 15 is 0 Å². The van der Waals surface area contributed by atoms with E-state index in [9.17, 15) is 0 Å². The Morgan fingerprint density at radius 1 is 1.28 bits per heavy atom. The van der Waals surface area contributed by atoms with Gasteiger partial charge in [-0.3, -0.25) is 4.99 Å². The van der Waals surface area contributed by atoms with E-state index in [-0.39, 0.29) is 34.8 Å². The number of nitrogens with one attached hydrogen (secondary N) is 2. The first-order valence-electron chi connectivity index (χ1n) is 10.1. The van der Waals surface area contributed by atoms with Crippen molar-refractivity contribution in [2.75, 3.05) is 25.4 Å². The third-order valence-corrected chi connectivity index (χ3v) is 6.91. The summed E-state index contributed by atoms with van der Waals surface area (Å²) < 4.78 is 11.5. The summed E-state index contributed by atoms with van der Waals surface area (Å²) in [7, 11) is 0. The smallest absolute Gasteiger partial charge is 0.191 e. The van der Waals surface area contributed by atoms with E-state index in [2.05, 4.69) is 29.7 Å². The molecular formula is C22H30IN3O2S. The van der Waals surface area contributed by atoms with Gasteiger partial charge in [0.25, 0.3) is 0 Å². The van der Waals surface area contributed by atoms with Crippen LogP contribution in [0, 0.1) is 0 Å². The molecule has 5 nitrogen and oxygen atoms in total. The molecule has 0 bridgehead atoms. The zero-order chi connectivity index (χ0) is 19.2. The quantitative estimate of drug-likeness (QED) is 0.322. The van der Waals surface area contributed by atoms with Gasteiger partial charge in [0.15, 0.2) is 5.96 Å². The summed E-state index contributed by atoms with van der Waals surface area (Å²) in [6, 6.07) is 12.4. The van der Waals surface area contributed by atoms with Gasteiger partial charge in [-0.2, -0.15) is 11.8 Å². The van der Waals surface area contributed by atoms with Crippen LogP contribution >= 0.6 is 35.7 Å². The van der Waals surface area contributed by atoms with Crippen molar-refractivity contribution < 1.29 is 9.15 Å². The van der Waals surface area contributed by atoms with Crippen molar-refractivity contribution in [1.29, 1.82) is 0 Å². The van der Waals surface area contributed by atoms with E-state index in [4.69, 9.17) is 14.1 Å². The van der Waals surface area contributed by atoms with E-state index in [0.717, 1.165) is 50.0 Å². The van der Waals surface area contributed by atoms with Crippen LogP contribution in [0.5, 0.6) is 5.75 Å². The van der Waals surface area contributed by atoms with Gasteiger partial charge in [-0.1, -0.05) is 18.2 Å². The molecule has 7 heteroatoms. The first-order valence-corrected chi connectivity index (χ1v) is 11.1. The van der Waals surface area contributed by atoms with Crippen LogP contribution in [0.15, 0.2) is 52.1 Å².